The molecule has 0 aromatic heterocycles. The van der Waals surface area contributed by atoms with Crippen molar-refractivity contribution in [2.24, 2.45) is 11.8 Å². The van der Waals surface area contributed by atoms with E-state index in [9.17, 15) is 19.0 Å². The van der Waals surface area contributed by atoms with Crippen molar-refractivity contribution >= 4 is 40.2 Å². The zero-order chi connectivity index (χ0) is 20.7. The van der Waals surface area contributed by atoms with Gasteiger partial charge in [-0.05, 0) is 60.9 Å². The Balaban J connectivity index is 1.66. The Morgan fingerprint density at radius 3 is 2.45 bits per heavy atom. The molecular weight excluding hydrogens is 437 g/mol. The van der Waals surface area contributed by atoms with Crippen molar-refractivity contribution in [2.45, 2.75) is 38.3 Å². The van der Waals surface area contributed by atoms with Gasteiger partial charge in [-0.25, -0.2) is 0 Å². The first-order valence-corrected chi connectivity index (χ1v) is 11.1. The number of halogens is 2. The summed E-state index contributed by atoms with van der Waals surface area (Å²) in [5.41, 5.74) is 0.718. The molecule has 6 nitrogen and oxygen atoms in total. The number of fused-ring (bicyclic) bond motifs is 2. The van der Waals surface area contributed by atoms with E-state index in [1.165, 1.54) is 22.5 Å². The lowest BCUT2D eigenvalue weighted by atomic mass is 9.95. The highest BCUT2D eigenvalue weighted by Gasteiger charge is 2.43. The minimum atomic E-state index is -2.54. The van der Waals surface area contributed by atoms with Gasteiger partial charge in [0.25, 0.3) is 0 Å². The van der Waals surface area contributed by atoms with Gasteiger partial charge >= 0.3 is 0 Å². The van der Waals surface area contributed by atoms with Crippen LogP contribution >= 0.6 is 23.2 Å². The SMILES string of the molecule is O=S([O-])N(c1cc(Oc2c(Cl)cc(CO)cc2Cl)ccc1O)C1CC2CCC1C2. The number of hydrogen-bond donors (Lipinski definition) is 2. The summed E-state index contributed by atoms with van der Waals surface area (Å²) in [5, 5.41) is 20.1. The Labute approximate surface area is 181 Å². The quantitative estimate of drug-likeness (QED) is 0.610. The highest BCUT2D eigenvalue weighted by Crippen LogP contribution is 2.49. The Hall–Kier alpha value is -1.51. The van der Waals surface area contributed by atoms with E-state index in [2.05, 4.69) is 0 Å². The van der Waals surface area contributed by atoms with Gasteiger partial charge in [-0.2, -0.15) is 0 Å². The lowest BCUT2D eigenvalue weighted by Gasteiger charge is -2.37. The average molecular weight is 457 g/mol. The number of aliphatic hydroxyl groups is 1. The van der Waals surface area contributed by atoms with Crippen molar-refractivity contribution in [3.8, 4) is 17.2 Å². The van der Waals surface area contributed by atoms with E-state index in [1.54, 1.807) is 12.1 Å². The number of hydrogen-bond acceptors (Lipinski definition) is 5. The van der Waals surface area contributed by atoms with Crippen molar-refractivity contribution in [3.63, 3.8) is 0 Å². The number of ether oxygens (including phenoxy) is 1. The summed E-state index contributed by atoms with van der Waals surface area (Å²) in [5.74, 6) is 1.18. The van der Waals surface area contributed by atoms with Crippen molar-refractivity contribution in [1.29, 1.82) is 0 Å². The normalized spacial score (nSPS) is 23.9. The van der Waals surface area contributed by atoms with Gasteiger partial charge in [0.15, 0.2) is 5.75 Å². The van der Waals surface area contributed by atoms with Gasteiger partial charge in [-0.1, -0.05) is 29.6 Å². The largest absolute Gasteiger partial charge is 0.755 e. The van der Waals surface area contributed by atoms with Crippen molar-refractivity contribution in [1.82, 2.24) is 0 Å². The van der Waals surface area contributed by atoms with Crippen LogP contribution in [-0.4, -0.2) is 25.0 Å². The van der Waals surface area contributed by atoms with E-state index in [0.717, 1.165) is 25.7 Å². The van der Waals surface area contributed by atoms with Crippen LogP contribution in [0, 0.1) is 11.8 Å². The molecule has 2 bridgehead atoms. The predicted octanol–water partition coefficient (Wildman–Crippen LogP) is 4.77. The lowest BCUT2D eigenvalue weighted by Crippen LogP contribution is -2.40. The number of anilines is 1. The standard InChI is InChI=1S/C20H21Cl2NO5S/c21-15-6-12(10-24)7-16(22)20(15)28-14-3-4-19(25)18(9-14)23(29(26)27)17-8-11-1-2-13(17)5-11/h3-4,6-7,9,11,13,17,24-25H,1-2,5,8,10H2,(H,26,27)/p-1. The van der Waals surface area contributed by atoms with E-state index in [1.807, 2.05) is 0 Å². The number of benzene rings is 2. The summed E-state index contributed by atoms with van der Waals surface area (Å²) in [4.78, 5) is 0. The molecular formula is C20H20Cl2NO5S-. The summed E-state index contributed by atoms with van der Waals surface area (Å²) in [6, 6.07) is 7.30. The van der Waals surface area contributed by atoms with Gasteiger partial charge in [0, 0.05) is 23.4 Å². The molecule has 2 saturated carbocycles. The highest BCUT2D eigenvalue weighted by atomic mass is 35.5. The number of rotatable bonds is 6. The molecule has 0 radical (unpaired) electrons. The van der Waals surface area contributed by atoms with Gasteiger partial charge in [-0.3, -0.25) is 8.51 Å². The third-order valence-electron chi connectivity index (χ3n) is 5.81. The van der Waals surface area contributed by atoms with Crippen LogP contribution in [-0.2, 0) is 17.9 Å². The minimum absolute atomic E-state index is 0.142. The van der Waals surface area contributed by atoms with E-state index < -0.39 is 11.3 Å². The first kappa shape index (κ1) is 20.8. The molecule has 0 heterocycles. The zero-order valence-corrected chi connectivity index (χ0v) is 17.7. The van der Waals surface area contributed by atoms with E-state index in [0.29, 0.717) is 17.4 Å². The Morgan fingerprint density at radius 2 is 1.90 bits per heavy atom. The Kier molecular flexibility index (Phi) is 5.95. The topological polar surface area (TPSA) is 93.1 Å². The second kappa shape index (κ2) is 8.32. The maximum atomic E-state index is 12.1. The van der Waals surface area contributed by atoms with Crippen LogP contribution in [0.5, 0.6) is 17.2 Å². The van der Waals surface area contributed by atoms with Crippen LogP contribution in [0.25, 0.3) is 0 Å². The molecule has 9 heteroatoms. The predicted molar refractivity (Wildman–Crippen MR) is 111 cm³/mol. The molecule has 4 atom stereocenters. The fraction of sp³-hybridized carbons (Fsp3) is 0.400. The first-order chi connectivity index (χ1) is 13.9. The molecule has 156 valence electrons. The molecule has 2 aliphatic carbocycles. The van der Waals surface area contributed by atoms with Crippen molar-refractivity contribution in [3.05, 3.63) is 45.9 Å². The van der Waals surface area contributed by atoms with Gasteiger partial charge in [0.2, 0.25) is 0 Å². The van der Waals surface area contributed by atoms with E-state index >= 15 is 0 Å². The van der Waals surface area contributed by atoms with Gasteiger partial charge in [-0.15, -0.1) is 0 Å². The maximum absolute atomic E-state index is 12.1. The number of aromatic hydroxyl groups is 1. The molecule has 4 rings (SSSR count). The molecule has 2 N–H and O–H groups in total. The zero-order valence-electron chi connectivity index (χ0n) is 15.4. The summed E-state index contributed by atoms with van der Waals surface area (Å²) < 4.78 is 31.2. The van der Waals surface area contributed by atoms with Crippen LogP contribution in [0.1, 0.15) is 31.2 Å². The molecule has 0 saturated heterocycles. The molecule has 2 aromatic carbocycles. The second-order valence-corrected chi connectivity index (χ2v) is 9.23. The number of phenolic OH excluding ortho intramolecular Hbond substituents is 1. The van der Waals surface area contributed by atoms with Crippen molar-refractivity contribution < 1.29 is 23.7 Å². The molecule has 0 spiro atoms. The van der Waals surface area contributed by atoms with Crippen LogP contribution in [0.4, 0.5) is 5.69 Å². The molecule has 0 amide bonds. The first-order valence-electron chi connectivity index (χ1n) is 9.35. The highest BCUT2D eigenvalue weighted by molar-refractivity contribution is 7.80. The fourth-order valence-electron chi connectivity index (χ4n) is 4.53. The monoisotopic (exact) mass is 456 g/mol. The lowest BCUT2D eigenvalue weighted by molar-refractivity contribution is 0.281. The molecule has 0 aliphatic heterocycles. The van der Waals surface area contributed by atoms with E-state index in [4.69, 9.17) is 27.9 Å². The molecule has 4 unspecified atom stereocenters. The smallest absolute Gasteiger partial charge is 0.164 e. The maximum Gasteiger partial charge on any atom is 0.164 e. The Bertz CT molecular complexity index is 933. The number of phenols is 1. The fourth-order valence-corrected chi connectivity index (χ4v) is 5.93. The van der Waals surface area contributed by atoms with Gasteiger partial charge in [0.1, 0.15) is 11.5 Å². The molecule has 29 heavy (non-hydrogen) atoms. The molecule has 2 aliphatic rings. The Morgan fingerprint density at radius 1 is 1.17 bits per heavy atom. The minimum Gasteiger partial charge on any atom is -0.755 e. The van der Waals surface area contributed by atoms with Crippen LogP contribution in [0.2, 0.25) is 10.0 Å². The molecule has 2 fully saturated rings. The average Bonchev–Trinajstić information content (AvgIpc) is 3.30. The molecule has 2 aromatic rings. The van der Waals surface area contributed by atoms with Crippen molar-refractivity contribution in [2.75, 3.05) is 4.31 Å². The van der Waals surface area contributed by atoms with E-state index in [-0.39, 0.29) is 45.6 Å². The van der Waals surface area contributed by atoms with Crippen LogP contribution in [0.3, 0.4) is 0 Å². The van der Waals surface area contributed by atoms with Crippen LogP contribution in [0.15, 0.2) is 30.3 Å². The third-order valence-corrected chi connectivity index (χ3v) is 7.16. The second-order valence-electron chi connectivity index (χ2n) is 7.58. The van der Waals surface area contributed by atoms with Gasteiger partial charge in [0.05, 0.1) is 22.3 Å². The van der Waals surface area contributed by atoms with Crippen LogP contribution < -0.4 is 9.04 Å². The third kappa shape index (κ3) is 4.07. The summed E-state index contributed by atoms with van der Waals surface area (Å²) in [7, 11) is 0. The van der Waals surface area contributed by atoms with Gasteiger partial charge < -0.3 is 19.5 Å². The summed E-state index contributed by atoms with van der Waals surface area (Å²) in [6.45, 7) is -0.211. The summed E-state index contributed by atoms with van der Waals surface area (Å²) >= 11 is 9.89. The summed E-state index contributed by atoms with van der Waals surface area (Å²) in [6.07, 6.45) is 3.96. The number of nitrogens with zero attached hydrogens (tertiary/aromatic N) is 1. The number of aliphatic hydroxyl groups excluding tert-OH is 1.